The van der Waals surface area contributed by atoms with Gasteiger partial charge in [0.25, 0.3) is 0 Å². The van der Waals surface area contributed by atoms with E-state index in [1.54, 1.807) is 23.1 Å². The highest BCUT2D eigenvalue weighted by Gasteiger charge is 2.38. The van der Waals surface area contributed by atoms with Crippen LogP contribution in [0.2, 0.25) is 0 Å². The van der Waals surface area contributed by atoms with Crippen molar-refractivity contribution in [1.82, 2.24) is 4.90 Å². The van der Waals surface area contributed by atoms with E-state index in [0.717, 1.165) is 12.1 Å². The number of nitrogens with zero attached hydrogens (tertiary/aromatic N) is 1. The molecule has 2 aromatic carbocycles. The van der Waals surface area contributed by atoms with Crippen LogP contribution >= 0.6 is 0 Å². The van der Waals surface area contributed by atoms with Crippen LogP contribution in [0, 0.1) is 0 Å². The summed E-state index contributed by atoms with van der Waals surface area (Å²) in [5.41, 5.74) is 0.480. The van der Waals surface area contributed by atoms with Crippen LogP contribution < -0.4 is 9.47 Å². The topological polar surface area (TPSA) is 59.0 Å². The fourth-order valence-electron chi connectivity index (χ4n) is 3.81. The van der Waals surface area contributed by atoms with Gasteiger partial charge in [-0.2, -0.15) is 13.2 Å². The third kappa shape index (κ3) is 4.32. The predicted molar refractivity (Wildman–Crippen MR) is 100 cm³/mol. The van der Waals surface area contributed by atoms with Gasteiger partial charge in [-0.15, -0.1) is 0 Å². The largest absolute Gasteiger partial charge is 0.497 e. The van der Waals surface area contributed by atoms with Crippen LogP contribution in [-0.2, 0) is 11.0 Å². The highest BCUT2D eigenvalue weighted by molar-refractivity contribution is 5.74. The van der Waals surface area contributed by atoms with Crippen molar-refractivity contribution in [1.29, 1.82) is 0 Å². The van der Waals surface area contributed by atoms with E-state index in [-0.39, 0.29) is 0 Å². The smallest absolute Gasteiger partial charge is 0.416 e. The van der Waals surface area contributed by atoms with Gasteiger partial charge in [-0.25, -0.2) is 0 Å². The third-order valence-electron chi connectivity index (χ3n) is 5.20. The summed E-state index contributed by atoms with van der Waals surface area (Å²) in [6.45, 7) is 0.512. The molecule has 0 aliphatic carbocycles. The molecule has 2 atom stereocenters. The van der Waals surface area contributed by atoms with Crippen LogP contribution in [0.5, 0.6) is 11.5 Å². The number of hydrogen-bond donors (Lipinski definition) is 1. The average Bonchev–Trinajstić information content (AvgIpc) is 3.18. The van der Waals surface area contributed by atoms with E-state index in [0.29, 0.717) is 42.0 Å². The van der Waals surface area contributed by atoms with E-state index in [2.05, 4.69) is 0 Å². The molecule has 1 fully saturated rings. The van der Waals surface area contributed by atoms with E-state index in [4.69, 9.17) is 9.47 Å². The van der Waals surface area contributed by atoms with Crippen molar-refractivity contribution in [2.24, 2.45) is 0 Å². The lowest BCUT2D eigenvalue weighted by molar-refractivity contribution is -0.142. The summed E-state index contributed by atoms with van der Waals surface area (Å²) in [5, 5.41) is 9.64. The SMILES string of the molecule is COc1ccc(C(c2ccc(C(F)(F)F)cc2)N2CCCC2C(=O)O)c(OC)c1. The maximum absolute atomic E-state index is 13.0. The molecule has 1 N–H and O–H groups in total. The molecule has 1 heterocycles. The number of carboxylic acid groups (broad SMARTS) is 1. The third-order valence-corrected chi connectivity index (χ3v) is 5.20. The summed E-state index contributed by atoms with van der Waals surface area (Å²) >= 11 is 0. The zero-order valence-electron chi connectivity index (χ0n) is 16.1. The average molecular weight is 409 g/mol. The predicted octanol–water partition coefficient (Wildman–Crippen LogP) is 4.36. The molecule has 1 aliphatic heterocycles. The number of methoxy groups -OCH3 is 2. The van der Waals surface area contributed by atoms with Crippen LogP contribution in [-0.4, -0.2) is 42.8 Å². The van der Waals surface area contributed by atoms with Gasteiger partial charge in [0.15, 0.2) is 0 Å². The van der Waals surface area contributed by atoms with Gasteiger partial charge in [0.2, 0.25) is 0 Å². The van der Waals surface area contributed by atoms with Gasteiger partial charge in [-0.3, -0.25) is 9.69 Å². The molecule has 1 aliphatic rings. The molecular weight excluding hydrogens is 387 g/mol. The quantitative estimate of drug-likeness (QED) is 0.768. The molecule has 0 spiro atoms. The summed E-state index contributed by atoms with van der Waals surface area (Å²) in [6, 6.07) is 8.70. The normalized spacial score (nSPS) is 18.4. The first-order valence-electron chi connectivity index (χ1n) is 9.14. The second-order valence-corrected chi connectivity index (χ2v) is 6.86. The van der Waals surface area contributed by atoms with Crippen LogP contribution in [0.1, 0.15) is 35.6 Å². The summed E-state index contributed by atoms with van der Waals surface area (Å²) < 4.78 is 49.7. The van der Waals surface area contributed by atoms with Gasteiger partial charge < -0.3 is 14.6 Å². The van der Waals surface area contributed by atoms with Crippen LogP contribution in [0.15, 0.2) is 42.5 Å². The number of halogens is 3. The van der Waals surface area contributed by atoms with Crippen LogP contribution in [0.4, 0.5) is 13.2 Å². The monoisotopic (exact) mass is 409 g/mol. The first-order valence-corrected chi connectivity index (χ1v) is 9.14. The molecule has 0 saturated carbocycles. The molecule has 0 amide bonds. The molecule has 2 aromatic rings. The van der Waals surface area contributed by atoms with Crippen molar-refractivity contribution >= 4 is 5.97 Å². The van der Waals surface area contributed by atoms with Gasteiger partial charge in [0, 0.05) is 18.2 Å². The van der Waals surface area contributed by atoms with Crippen LogP contribution in [0.25, 0.3) is 0 Å². The Morgan fingerprint density at radius 2 is 1.83 bits per heavy atom. The Bertz CT molecular complexity index is 867. The number of likely N-dealkylation sites (tertiary alicyclic amines) is 1. The van der Waals surface area contributed by atoms with Crippen molar-refractivity contribution in [3.63, 3.8) is 0 Å². The summed E-state index contributed by atoms with van der Waals surface area (Å²) in [5.74, 6) is 0.0881. The second kappa shape index (κ2) is 8.32. The molecule has 8 heteroatoms. The Balaban J connectivity index is 2.11. The maximum atomic E-state index is 13.0. The number of carbonyl (C=O) groups is 1. The maximum Gasteiger partial charge on any atom is 0.416 e. The van der Waals surface area contributed by atoms with Crippen molar-refractivity contribution in [3.8, 4) is 11.5 Å². The van der Waals surface area contributed by atoms with Crippen molar-refractivity contribution in [3.05, 3.63) is 59.2 Å². The lowest BCUT2D eigenvalue weighted by Gasteiger charge is -2.33. The Kier molecular flexibility index (Phi) is 6.02. The van der Waals surface area contributed by atoms with E-state index >= 15 is 0 Å². The van der Waals surface area contributed by atoms with E-state index in [1.807, 2.05) is 0 Å². The molecule has 156 valence electrons. The van der Waals surface area contributed by atoms with E-state index < -0.39 is 29.8 Å². The fourth-order valence-corrected chi connectivity index (χ4v) is 3.81. The van der Waals surface area contributed by atoms with E-state index in [1.165, 1.54) is 26.4 Å². The minimum absolute atomic E-state index is 0.477. The number of carboxylic acids is 1. The number of ether oxygens (including phenoxy) is 2. The van der Waals surface area contributed by atoms with Gasteiger partial charge in [0.05, 0.1) is 25.8 Å². The van der Waals surface area contributed by atoms with Crippen molar-refractivity contribution in [2.45, 2.75) is 31.1 Å². The molecule has 5 nitrogen and oxygen atoms in total. The lowest BCUT2D eigenvalue weighted by atomic mass is 9.94. The van der Waals surface area contributed by atoms with Gasteiger partial charge in [-0.1, -0.05) is 12.1 Å². The standard InChI is InChI=1S/C21H22F3NO4/c1-28-15-9-10-16(18(12-15)29-2)19(25-11-3-4-17(25)20(26)27)13-5-7-14(8-6-13)21(22,23)24/h5-10,12,17,19H,3-4,11H2,1-2H3,(H,26,27). The van der Waals surface area contributed by atoms with E-state index in [9.17, 15) is 23.1 Å². The second-order valence-electron chi connectivity index (χ2n) is 6.86. The highest BCUT2D eigenvalue weighted by Crippen LogP contribution is 2.41. The molecule has 0 radical (unpaired) electrons. The van der Waals surface area contributed by atoms with Gasteiger partial charge in [-0.05, 0) is 42.7 Å². The molecule has 1 saturated heterocycles. The first kappa shape index (κ1) is 21.0. The number of alkyl halides is 3. The lowest BCUT2D eigenvalue weighted by Crippen LogP contribution is -2.39. The summed E-state index contributed by atoms with van der Waals surface area (Å²) in [6.07, 6.45) is -3.28. The summed E-state index contributed by atoms with van der Waals surface area (Å²) in [7, 11) is 3.00. The number of aliphatic carboxylic acids is 1. The molecular formula is C21H22F3NO4. The molecule has 0 bridgehead atoms. The number of hydrogen-bond acceptors (Lipinski definition) is 4. The summed E-state index contributed by atoms with van der Waals surface area (Å²) in [4.78, 5) is 13.6. The zero-order valence-corrected chi connectivity index (χ0v) is 16.1. The molecule has 0 aromatic heterocycles. The highest BCUT2D eigenvalue weighted by atomic mass is 19.4. The van der Waals surface area contributed by atoms with Crippen molar-refractivity contribution in [2.75, 3.05) is 20.8 Å². The van der Waals surface area contributed by atoms with Gasteiger partial charge >= 0.3 is 12.1 Å². The Labute approximate surface area is 166 Å². The zero-order chi connectivity index (χ0) is 21.2. The number of rotatable bonds is 6. The fraction of sp³-hybridized carbons (Fsp3) is 0.381. The van der Waals surface area contributed by atoms with Gasteiger partial charge in [0.1, 0.15) is 17.5 Å². The van der Waals surface area contributed by atoms with Crippen LogP contribution in [0.3, 0.4) is 0 Å². The van der Waals surface area contributed by atoms with Crippen molar-refractivity contribution < 1.29 is 32.5 Å². The minimum Gasteiger partial charge on any atom is -0.497 e. The Morgan fingerprint density at radius 3 is 2.38 bits per heavy atom. The minimum atomic E-state index is -4.44. The Morgan fingerprint density at radius 1 is 1.14 bits per heavy atom. The number of benzene rings is 2. The first-order chi connectivity index (χ1) is 13.8. The molecule has 3 rings (SSSR count). The molecule has 2 unspecified atom stereocenters. The molecule has 29 heavy (non-hydrogen) atoms. The Hall–Kier alpha value is -2.74.